The van der Waals surface area contributed by atoms with Crippen molar-refractivity contribution in [2.24, 2.45) is 22.2 Å². The van der Waals surface area contributed by atoms with E-state index in [2.05, 4.69) is 53.7 Å². The molecule has 29 heavy (non-hydrogen) atoms. The van der Waals surface area contributed by atoms with Gasteiger partial charge in [-0.25, -0.2) is 4.79 Å². The lowest BCUT2D eigenvalue weighted by Gasteiger charge is -2.52. The van der Waals surface area contributed by atoms with Crippen LogP contribution in [0.1, 0.15) is 80.6 Å². The molecule has 0 heterocycles. The van der Waals surface area contributed by atoms with Gasteiger partial charge in [0.2, 0.25) is 0 Å². The van der Waals surface area contributed by atoms with Crippen LogP contribution < -0.4 is 0 Å². The molecule has 2 nitrogen and oxygen atoms in total. The van der Waals surface area contributed by atoms with Crippen LogP contribution in [-0.2, 0) is 4.79 Å². The van der Waals surface area contributed by atoms with Gasteiger partial charge in [-0.05, 0) is 83.5 Å². The quantitative estimate of drug-likeness (QED) is 0.400. The highest BCUT2D eigenvalue weighted by Crippen LogP contribution is 2.60. The van der Waals surface area contributed by atoms with Gasteiger partial charge in [-0.15, -0.1) is 0 Å². The summed E-state index contributed by atoms with van der Waals surface area (Å²) >= 11 is 0. The summed E-state index contributed by atoms with van der Waals surface area (Å²) in [6.07, 6.45) is 16.0. The van der Waals surface area contributed by atoms with Gasteiger partial charge in [0.1, 0.15) is 0 Å². The molecule has 0 aromatic rings. The number of aliphatic carboxylic acids is 1. The second kappa shape index (κ2) is 7.45. The number of carboxylic acids is 1. The monoisotopic (exact) mass is 394 g/mol. The molecule has 158 valence electrons. The number of allylic oxidation sites excluding steroid dienone is 9. The van der Waals surface area contributed by atoms with Gasteiger partial charge in [0, 0.05) is 6.08 Å². The number of fused-ring (bicyclic) bond motifs is 1. The summed E-state index contributed by atoms with van der Waals surface area (Å²) < 4.78 is 0. The van der Waals surface area contributed by atoms with Crippen molar-refractivity contribution in [1.82, 2.24) is 0 Å². The Balaban J connectivity index is 2.07. The van der Waals surface area contributed by atoms with Crippen molar-refractivity contribution in [3.8, 4) is 0 Å². The molecule has 0 spiro atoms. The first-order valence-corrected chi connectivity index (χ1v) is 11.1. The van der Waals surface area contributed by atoms with Gasteiger partial charge >= 0.3 is 5.97 Å². The molecule has 0 bridgehead atoms. The Kier molecular flexibility index (Phi) is 5.62. The lowest BCUT2D eigenvalue weighted by atomic mass is 9.52. The van der Waals surface area contributed by atoms with Gasteiger partial charge in [-0.2, -0.15) is 0 Å². The van der Waals surface area contributed by atoms with Crippen molar-refractivity contribution in [1.29, 1.82) is 0 Å². The van der Waals surface area contributed by atoms with E-state index < -0.39 is 5.97 Å². The van der Waals surface area contributed by atoms with Crippen molar-refractivity contribution < 1.29 is 9.90 Å². The van der Waals surface area contributed by atoms with E-state index in [0.29, 0.717) is 11.3 Å². The first-order chi connectivity index (χ1) is 13.3. The summed E-state index contributed by atoms with van der Waals surface area (Å²) in [5, 5.41) is 8.92. The zero-order valence-corrected chi connectivity index (χ0v) is 19.4. The fourth-order valence-electron chi connectivity index (χ4n) is 5.79. The average molecular weight is 395 g/mol. The molecule has 0 aromatic carbocycles. The summed E-state index contributed by atoms with van der Waals surface area (Å²) in [6.45, 7) is 16.4. The Bertz CT molecular complexity index is 853. The zero-order chi connectivity index (χ0) is 21.6. The predicted octanol–water partition coefficient (Wildman–Crippen LogP) is 7.41. The Morgan fingerprint density at radius 1 is 1.14 bits per heavy atom. The third-order valence-corrected chi connectivity index (χ3v) is 7.43. The van der Waals surface area contributed by atoms with Crippen LogP contribution in [0.25, 0.3) is 0 Å². The maximum atomic E-state index is 10.9. The van der Waals surface area contributed by atoms with E-state index >= 15 is 0 Å². The topological polar surface area (TPSA) is 37.3 Å². The van der Waals surface area contributed by atoms with E-state index in [4.69, 9.17) is 5.11 Å². The SMILES string of the molecule is CC(C=CC=C1CCC(C)(C)C2=C1C(C)(C)C1CCC(C)(C)CC1=C2)=CC(=O)O. The second-order valence-corrected chi connectivity index (χ2v) is 11.3. The number of rotatable bonds is 3. The molecule has 2 heteroatoms. The van der Waals surface area contributed by atoms with Crippen LogP contribution in [0.4, 0.5) is 0 Å². The molecule has 0 aromatic heterocycles. The van der Waals surface area contributed by atoms with Crippen molar-refractivity contribution in [2.75, 3.05) is 0 Å². The van der Waals surface area contributed by atoms with Gasteiger partial charge < -0.3 is 5.11 Å². The van der Waals surface area contributed by atoms with Crippen molar-refractivity contribution >= 4 is 5.97 Å². The maximum Gasteiger partial charge on any atom is 0.328 e. The molecule has 1 atom stereocenters. The average Bonchev–Trinajstić information content (AvgIpc) is 2.55. The fourth-order valence-corrected chi connectivity index (χ4v) is 5.79. The molecular weight excluding hydrogens is 356 g/mol. The van der Waals surface area contributed by atoms with Gasteiger partial charge in [-0.1, -0.05) is 71.4 Å². The lowest BCUT2D eigenvalue weighted by Crippen LogP contribution is -2.40. The Hall–Kier alpha value is -1.83. The highest BCUT2D eigenvalue weighted by Gasteiger charge is 2.48. The fraction of sp³-hybridized carbons (Fsp3) is 0.593. The van der Waals surface area contributed by atoms with E-state index in [1.165, 1.54) is 36.5 Å². The van der Waals surface area contributed by atoms with Gasteiger partial charge in [0.25, 0.3) is 0 Å². The van der Waals surface area contributed by atoms with E-state index in [0.717, 1.165) is 18.4 Å². The standard InChI is InChI=1S/C27H38O2/c1-18(15-23(28)29)9-8-10-19-11-14-26(4,5)22-16-20-17-25(2,3)13-12-21(20)27(6,7)24(19)22/h8-10,15-16,21H,11-14,17H2,1-7H3,(H,28,29). The van der Waals surface area contributed by atoms with Crippen molar-refractivity contribution in [3.63, 3.8) is 0 Å². The molecule has 1 N–H and O–H groups in total. The van der Waals surface area contributed by atoms with E-state index in [1.54, 1.807) is 11.1 Å². The molecule has 0 radical (unpaired) electrons. The third-order valence-electron chi connectivity index (χ3n) is 7.43. The smallest absolute Gasteiger partial charge is 0.328 e. The summed E-state index contributed by atoms with van der Waals surface area (Å²) in [4.78, 5) is 10.9. The van der Waals surface area contributed by atoms with Crippen LogP contribution >= 0.6 is 0 Å². The molecule has 0 saturated heterocycles. The normalized spacial score (nSPS) is 29.5. The molecule has 0 aliphatic heterocycles. The van der Waals surface area contributed by atoms with Crippen LogP contribution in [0.2, 0.25) is 0 Å². The van der Waals surface area contributed by atoms with Crippen molar-refractivity contribution in [2.45, 2.75) is 80.6 Å². The second-order valence-electron chi connectivity index (χ2n) is 11.3. The summed E-state index contributed by atoms with van der Waals surface area (Å²) in [5.41, 5.74) is 7.69. The Morgan fingerprint density at radius 2 is 1.83 bits per heavy atom. The van der Waals surface area contributed by atoms with Crippen LogP contribution in [0.3, 0.4) is 0 Å². The molecular formula is C27H38O2. The molecule has 3 aliphatic carbocycles. The molecule has 1 saturated carbocycles. The molecule has 3 rings (SSSR count). The van der Waals surface area contributed by atoms with Crippen LogP contribution in [0.15, 0.2) is 58.2 Å². The van der Waals surface area contributed by atoms with Crippen LogP contribution in [-0.4, -0.2) is 11.1 Å². The molecule has 1 fully saturated rings. The lowest BCUT2D eigenvalue weighted by molar-refractivity contribution is -0.131. The highest BCUT2D eigenvalue weighted by molar-refractivity contribution is 5.81. The minimum absolute atomic E-state index is 0.138. The first-order valence-electron chi connectivity index (χ1n) is 11.1. The van der Waals surface area contributed by atoms with Gasteiger partial charge in [0.05, 0.1) is 0 Å². The van der Waals surface area contributed by atoms with E-state index in [1.807, 2.05) is 19.1 Å². The molecule has 3 aliphatic rings. The van der Waals surface area contributed by atoms with Gasteiger partial charge in [-0.3, -0.25) is 0 Å². The minimum Gasteiger partial charge on any atom is -0.478 e. The summed E-state index contributed by atoms with van der Waals surface area (Å²) in [6, 6.07) is 0. The number of carboxylic acid groups (broad SMARTS) is 1. The van der Waals surface area contributed by atoms with Gasteiger partial charge in [0.15, 0.2) is 0 Å². The van der Waals surface area contributed by atoms with Crippen LogP contribution in [0.5, 0.6) is 0 Å². The largest absolute Gasteiger partial charge is 0.478 e. The first kappa shape index (κ1) is 21.9. The number of hydrogen-bond acceptors (Lipinski definition) is 1. The third kappa shape index (κ3) is 4.37. The molecule has 1 unspecified atom stereocenters. The van der Waals surface area contributed by atoms with Crippen molar-refractivity contribution in [3.05, 3.63) is 58.2 Å². The molecule has 0 amide bonds. The van der Waals surface area contributed by atoms with E-state index in [-0.39, 0.29) is 10.8 Å². The van der Waals surface area contributed by atoms with Crippen LogP contribution in [0, 0.1) is 22.2 Å². The maximum absolute atomic E-state index is 10.9. The number of carbonyl (C=O) groups is 1. The number of hydrogen-bond donors (Lipinski definition) is 1. The highest BCUT2D eigenvalue weighted by atomic mass is 16.4. The predicted molar refractivity (Wildman–Crippen MR) is 122 cm³/mol. The summed E-state index contributed by atoms with van der Waals surface area (Å²) in [5.74, 6) is -0.264. The minimum atomic E-state index is -0.893. The zero-order valence-electron chi connectivity index (χ0n) is 19.4. The van der Waals surface area contributed by atoms with E-state index in [9.17, 15) is 4.79 Å². The Morgan fingerprint density at radius 3 is 2.48 bits per heavy atom. The summed E-state index contributed by atoms with van der Waals surface area (Å²) in [7, 11) is 0. The Labute approximate surface area is 177 Å².